The number of halogens is 1. The molecule has 0 saturated heterocycles. The maximum atomic E-state index is 13.1. The highest BCUT2D eigenvalue weighted by atomic mass is 19.1. The highest BCUT2D eigenvalue weighted by Crippen LogP contribution is 2.31. The van der Waals surface area contributed by atoms with Crippen molar-refractivity contribution < 1.29 is 13.9 Å². The molecule has 0 fully saturated rings. The van der Waals surface area contributed by atoms with E-state index in [-0.39, 0.29) is 5.91 Å². The molecule has 2 heterocycles. The maximum absolute atomic E-state index is 13.1. The molecule has 0 radical (unpaired) electrons. The maximum Gasteiger partial charge on any atom is 0.255 e. The number of imidazole rings is 1. The van der Waals surface area contributed by atoms with E-state index in [1.165, 1.54) is 31.4 Å². The van der Waals surface area contributed by atoms with E-state index in [0.717, 1.165) is 22.5 Å². The summed E-state index contributed by atoms with van der Waals surface area (Å²) in [5, 5.41) is 2.83. The van der Waals surface area contributed by atoms with Gasteiger partial charge in [0.05, 0.1) is 18.5 Å². The zero-order chi connectivity index (χ0) is 19.7. The summed E-state index contributed by atoms with van der Waals surface area (Å²) in [5.74, 6) is -0.210. The first-order valence-corrected chi connectivity index (χ1v) is 8.74. The fraction of sp³-hybridized carbons (Fsp3) is 0.0909. The predicted octanol–water partition coefficient (Wildman–Crippen LogP) is 4.71. The number of nitrogens with zero attached hydrogens (tertiary/aromatic N) is 2. The molecule has 5 nitrogen and oxygen atoms in total. The van der Waals surface area contributed by atoms with Crippen LogP contribution in [0.5, 0.6) is 5.75 Å². The molecule has 6 heteroatoms. The van der Waals surface area contributed by atoms with Gasteiger partial charge in [-0.25, -0.2) is 9.37 Å². The van der Waals surface area contributed by atoms with Crippen LogP contribution in [0.25, 0.3) is 16.9 Å². The summed E-state index contributed by atoms with van der Waals surface area (Å²) < 4.78 is 20.4. The molecular weight excluding hydrogens is 357 g/mol. The van der Waals surface area contributed by atoms with Gasteiger partial charge in [0.2, 0.25) is 0 Å². The van der Waals surface area contributed by atoms with Gasteiger partial charge < -0.3 is 14.5 Å². The van der Waals surface area contributed by atoms with Crippen LogP contribution in [0.4, 0.5) is 10.1 Å². The Morgan fingerprint density at radius 1 is 1.11 bits per heavy atom. The molecule has 2 aromatic heterocycles. The Balaban J connectivity index is 1.68. The lowest BCUT2D eigenvalue weighted by Gasteiger charge is -2.11. The number of hydrogen-bond acceptors (Lipinski definition) is 3. The topological polar surface area (TPSA) is 55.6 Å². The summed E-state index contributed by atoms with van der Waals surface area (Å²) in [6.07, 6.45) is 3.89. The number of carbonyl (C=O) groups excluding carboxylic acids is 1. The Morgan fingerprint density at radius 2 is 1.89 bits per heavy atom. The lowest BCUT2D eigenvalue weighted by Crippen LogP contribution is -2.12. The number of ether oxygens (including phenoxy) is 1. The highest BCUT2D eigenvalue weighted by Gasteiger charge is 2.13. The number of carbonyl (C=O) groups is 1. The third-order valence-electron chi connectivity index (χ3n) is 4.47. The molecule has 0 bridgehead atoms. The van der Waals surface area contributed by atoms with Crippen molar-refractivity contribution in [3.8, 4) is 17.0 Å². The first-order valence-electron chi connectivity index (χ1n) is 8.74. The van der Waals surface area contributed by atoms with Crippen molar-refractivity contribution in [1.82, 2.24) is 9.38 Å². The van der Waals surface area contributed by atoms with Gasteiger partial charge in [0.25, 0.3) is 5.91 Å². The zero-order valence-corrected chi connectivity index (χ0v) is 15.4. The molecule has 1 N–H and O–H groups in total. The third-order valence-corrected chi connectivity index (χ3v) is 4.47. The molecule has 0 spiro atoms. The van der Waals surface area contributed by atoms with E-state index in [2.05, 4.69) is 10.3 Å². The smallest absolute Gasteiger partial charge is 0.255 e. The van der Waals surface area contributed by atoms with Gasteiger partial charge >= 0.3 is 0 Å². The summed E-state index contributed by atoms with van der Waals surface area (Å²) in [5.41, 5.74) is 4.48. The fourth-order valence-corrected chi connectivity index (χ4v) is 2.98. The van der Waals surface area contributed by atoms with Crippen LogP contribution in [0.3, 0.4) is 0 Å². The standard InChI is InChI=1S/C22H18FN3O2/c1-14-9-10-26-13-19(24-21(26)11-14)16-5-8-20(28-2)18(12-16)25-22(27)15-3-6-17(23)7-4-15/h3-13H,1-2H3,(H,25,27). The van der Waals surface area contributed by atoms with Gasteiger partial charge in [0.15, 0.2) is 0 Å². The van der Waals surface area contributed by atoms with Gasteiger partial charge in [-0.05, 0) is 67.1 Å². The van der Waals surface area contributed by atoms with Gasteiger partial charge in [-0.2, -0.15) is 0 Å². The highest BCUT2D eigenvalue weighted by molar-refractivity contribution is 6.05. The van der Waals surface area contributed by atoms with Crippen LogP contribution in [0.1, 0.15) is 15.9 Å². The molecule has 0 unspecified atom stereocenters. The van der Waals surface area contributed by atoms with E-state index in [9.17, 15) is 9.18 Å². The summed E-state index contributed by atoms with van der Waals surface area (Å²) in [6, 6.07) is 14.9. The minimum atomic E-state index is -0.391. The van der Waals surface area contributed by atoms with Crippen molar-refractivity contribution in [2.24, 2.45) is 0 Å². The van der Waals surface area contributed by atoms with E-state index in [1.54, 1.807) is 6.07 Å². The monoisotopic (exact) mass is 375 g/mol. The number of aryl methyl sites for hydroxylation is 1. The number of methoxy groups -OCH3 is 1. The van der Waals surface area contributed by atoms with Crippen molar-refractivity contribution in [3.63, 3.8) is 0 Å². The van der Waals surface area contributed by atoms with Crippen LogP contribution in [-0.4, -0.2) is 22.4 Å². The number of benzene rings is 2. The normalized spacial score (nSPS) is 10.8. The lowest BCUT2D eigenvalue weighted by atomic mass is 10.1. The molecule has 1 amide bonds. The van der Waals surface area contributed by atoms with E-state index < -0.39 is 5.82 Å². The molecular formula is C22H18FN3O2. The summed E-state index contributed by atoms with van der Waals surface area (Å²) in [7, 11) is 1.54. The van der Waals surface area contributed by atoms with Gasteiger partial charge in [0, 0.05) is 23.5 Å². The Hall–Kier alpha value is -3.67. The van der Waals surface area contributed by atoms with Crippen molar-refractivity contribution in [2.75, 3.05) is 12.4 Å². The SMILES string of the molecule is COc1ccc(-c2cn3ccc(C)cc3n2)cc1NC(=O)c1ccc(F)cc1. The number of amides is 1. The van der Waals surface area contributed by atoms with Crippen LogP contribution in [-0.2, 0) is 0 Å². The minimum absolute atomic E-state index is 0.346. The number of hydrogen-bond donors (Lipinski definition) is 1. The van der Waals surface area contributed by atoms with Crippen molar-refractivity contribution in [2.45, 2.75) is 6.92 Å². The van der Waals surface area contributed by atoms with Crippen LogP contribution >= 0.6 is 0 Å². The van der Waals surface area contributed by atoms with E-state index >= 15 is 0 Å². The molecule has 2 aromatic carbocycles. The second kappa shape index (κ2) is 7.15. The molecule has 4 aromatic rings. The molecule has 140 valence electrons. The molecule has 0 aliphatic rings. The first-order chi connectivity index (χ1) is 13.5. The van der Waals surface area contributed by atoms with Gasteiger partial charge in [-0.1, -0.05) is 0 Å². The van der Waals surface area contributed by atoms with E-state index in [0.29, 0.717) is 17.0 Å². The van der Waals surface area contributed by atoms with Crippen LogP contribution in [0, 0.1) is 12.7 Å². The molecule has 0 aliphatic carbocycles. The molecule has 0 aliphatic heterocycles. The van der Waals surface area contributed by atoms with Crippen LogP contribution < -0.4 is 10.1 Å². The largest absolute Gasteiger partial charge is 0.495 e. The zero-order valence-electron chi connectivity index (χ0n) is 15.4. The number of nitrogens with one attached hydrogen (secondary N) is 1. The second-order valence-electron chi connectivity index (χ2n) is 6.47. The Morgan fingerprint density at radius 3 is 2.64 bits per heavy atom. The Labute approximate surface area is 161 Å². The first kappa shape index (κ1) is 17.7. The Bertz CT molecular complexity index is 1170. The third kappa shape index (κ3) is 3.44. The van der Waals surface area contributed by atoms with Gasteiger partial charge in [0.1, 0.15) is 17.2 Å². The molecule has 4 rings (SSSR count). The van der Waals surface area contributed by atoms with Gasteiger partial charge in [-0.3, -0.25) is 4.79 Å². The summed E-state index contributed by atoms with van der Waals surface area (Å²) in [4.78, 5) is 17.2. The minimum Gasteiger partial charge on any atom is -0.495 e. The lowest BCUT2D eigenvalue weighted by molar-refractivity contribution is 0.102. The molecule has 0 atom stereocenters. The number of anilines is 1. The number of fused-ring (bicyclic) bond motifs is 1. The number of rotatable bonds is 4. The quantitative estimate of drug-likeness (QED) is 0.562. The molecule has 0 saturated carbocycles. The van der Waals surface area contributed by atoms with Crippen LogP contribution in [0.15, 0.2) is 67.0 Å². The van der Waals surface area contributed by atoms with Crippen molar-refractivity contribution in [1.29, 1.82) is 0 Å². The van der Waals surface area contributed by atoms with Crippen molar-refractivity contribution in [3.05, 3.63) is 83.9 Å². The second-order valence-corrected chi connectivity index (χ2v) is 6.47. The summed E-state index contributed by atoms with van der Waals surface area (Å²) >= 11 is 0. The number of pyridine rings is 1. The average Bonchev–Trinajstić information content (AvgIpc) is 3.11. The van der Waals surface area contributed by atoms with Crippen LogP contribution in [0.2, 0.25) is 0 Å². The van der Waals surface area contributed by atoms with Gasteiger partial charge in [-0.15, -0.1) is 0 Å². The average molecular weight is 375 g/mol. The Kier molecular flexibility index (Phi) is 4.53. The van der Waals surface area contributed by atoms with Crippen molar-refractivity contribution >= 4 is 17.2 Å². The van der Waals surface area contributed by atoms with E-state index in [1.807, 2.05) is 48.0 Å². The summed E-state index contributed by atoms with van der Waals surface area (Å²) in [6.45, 7) is 2.02. The molecule has 28 heavy (non-hydrogen) atoms. The van der Waals surface area contributed by atoms with E-state index in [4.69, 9.17) is 4.74 Å². The predicted molar refractivity (Wildman–Crippen MR) is 106 cm³/mol. The fourth-order valence-electron chi connectivity index (χ4n) is 2.98. The number of aromatic nitrogens is 2.